The highest BCUT2D eigenvalue weighted by Gasteiger charge is 2.34. The predicted octanol–water partition coefficient (Wildman–Crippen LogP) is 0.994. The van der Waals surface area contributed by atoms with Gasteiger partial charge in [-0.25, -0.2) is 0 Å². The number of likely N-dealkylation sites (N-methyl/N-ethyl adjacent to an activating group) is 2. The molecule has 0 fully saturated rings. The summed E-state index contributed by atoms with van der Waals surface area (Å²) in [4.78, 5) is 81.9. The van der Waals surface area contributed by atoms with Crippen molar-refractivity contribution >= 4 is 68.4 Å². The molecule has 65 heavy (non-hydrogen) atoms. The van der Waals surface area contributed by atoms with Crippen molar-refractivity contribution in [2.75, 3.05) is 78.1 Å². The van der Waals surface area contributed by atoms with E-state index in [2.05, 4.69) is 10.6 Å². The number of carbonyl (C=O) groups is 6. The van der Waals surface area contributed by atoms with Crippen LogP contribution in [0.25, 0.3) is 21.5 Å². The Morgan fingerprint density at radius 3 is 1.08 bits per heavy atom. The lowest BCUT2D eigenvalue weighted by Crippen LogP contribution is -3.00. The summed E-state index contributed by atoms with van der Waals surface area (Å²) in [5, 5.41) is 9.18. The molecule has 2 aliphatic heterocycles. The lowest BCUT2D eigenvalue weighted by Gasteiger charge is -2.31. The molecule has 6 aromatic rings. The van der Waals surface area contributed by atoms with Crippen LogP contribution >= 0.6 is 0 Å². The van der Waals surface area contributed by atoms with Crippen molar-refractivity contribution < 1.29 is 62.5 Å². The molecule has 6 amide bonds. The van der Waals surface area contributed by atoms with Crippen molar-refractivity contribution in [3.63, 3.8) is 0 Å². The van der Waals surface area contributed by atoms with Gasteiger partial charge in [0.25, 0.3) is 35.4 Å². The van der Waals surface area contributed by atoms with E-state index in [1.54, 1.807) is 24.3 Å². The number of nitrogens with zero attached hydrogens (tertiary/aromatic N) is 4. The molecule has 336 valence electrons. The number of halogens is 2. The van der Waals surface area contributed by atoms with Crippen LogP contribution < -0.4 is 35.4 Å². The number of amides is 6. The average molecular weight is 916 g/mol. The Bertz CT molecular complexity index is 2520. The highest BCUT2D eigenvalue weighted by molar-refractivity contribution is 6.26. The molecule has 14 heteroatoms. The predicted molar refractivity (Wildman–Crippen MR) is 244 cm³/mol. The van der Waals surface area contributed by atoms with E-state index in [1.165, 1.54) is 9.80 Å². The van der Waals surface area contributed by atoms with Gasteiger partial charge in [-0.15, -0.1) is 0 Å². The first kappa shape index (κ1) is 48.0. The molecule has 12 nitrogen and oxygen atoms in total. The van der Waals surface area contributed by atoms with Crippen molar-refractivity contribution in [1.29, 1.82) is 0 Å². The molecule has 0 atom stereocenters. The van der Waals surface area contributed by atoms with Gasteiger partial charge in [-0.05, 0) is 76.9 Å². The second kappa shape index (κ2) is 19.7. The molecule has 0 saturated carbocycles. The minimum atomic E-state index is -0.281. The van der Waals surface area contributed by atoms with Crippen LogP contribution in [0.1, 0.15) is 65.4 Å². The van der Waals surface area contributed by atoms with E-state index in [4.69, 9.17) is 0 Å². The summed E-state index contributed by atoms with van der Waals surface area (Å²) in [5.41, 5.74) is 5.69. The van der Waals surface area contributed by atoms with E-state index in [-0.39, 0.29) is 86.4 Å². The monoisotopic (exact) mass is 914 g/mol. The van der Waals surface area contributed by atoms with Gasteiger partial charge in [0.1, 0.15) is 0 Å². The lowest BCUT2D eigenvalue weighted by atomic mass is 9.94. The molecular weight excluding hydrogens is 864 g/mol. The second-order valence-corrected chi connectivity index (χ2v) is 18.0. The fraction of sp³-hybridized carbons (Fsp3) is 0.255. The van der Waals surface area contributed by atoms with E-state index in [0.717, 1.165) is 21.9 Å². The quantitative estimate of drug-likeness (QED) is 0.110. The van der Waals surface area contributed by atoms with Crippen LogP contribution in [0, 0.1) is 0 Å². The highest BCUT2D eigenvalue weighted by atomic mass is 35.5. The first-order valence-corrected chi connectivity index (χ1v) is 21.3. The maximum atomic E-state index is 13.3. The van der Waals surface area contributed by atoms with E-state index < -0.39 is 0 Å². The van der Waals surface area contributed by atoms with Gasteiger partial charge in [0.15, 0.2) is 13.1 Å². The average Bonchev–Trinajstić information content (AvgIpc) is 3.25. The maximum Gasteiger partial charge on any atom is 0.279 e. The van der Waals surface area contributed by atoms with Gasteiger partial charge in [0.05, 0.1) is 41.3 Å². The SMILES string of the molecule is C[N+](C)(CCCN1C(=O)c2cccc3cccc(c23)C1=O)CC(=O)Nc1ccc(Cc2ccc(NC(=O)C[N+](C)(C)CCCN3C(=O)c4cccc5cccc(c45)C3=O)cc2)cc1.[Cl-].[Cl-]. The summed E-state index contributed by atoms with van der Waals surface area (Å²) in [6.07, 6.45) is 1.78. The van der Waals surface area contributed by atoms with E-state index in [0.29, 0.717) is 85.7 Å². The van der Waals surface area contributed by atoms with Crippen molar-refractivity contribution in [3.05, 3.63) is 155 Å². The van der Waals surface area contributed by atoms with Crippen LogP contribution in [-0.4, -0.2) is 122 Å². The molecule has 8 rings (SSSR count). The summed E-state index contributed by atoms with van der Waals surface area (Å²) in [7, 11) is 7.84. The number of carbonyl (C=O) groups excluding carboxylic acids is 6. The minimum absolute atomic E-state index is 0. The number of quaternary nitrogens is 2. The van der Waals surface area contributed by atoms with Crippen molar-refractivity contribution in [2.24, 2.45) is 0 Å². The van der Waals surface area contributed by atoms with Crippen LogP contribution in [0.15, 0.2) is 121 Å². The number of imide groups is 2. The Labute approximate surface area is 391 Å². The molecule has 6 aromatic carbocycles. The molecule has 2 N–H and O–H groups in total. The largest absolute Gasteiger partial charge is 1.00 e. The summed E-state index contributed by atoms with van der Waals surface area (Å²) < 4.78 is 0.775. The van der Waals surface area contributed by atoms with E-state index in [1.807, 2.05) is 125 Å². The summed E-state index contributed by atoms with van der Waals surface area (Å²) in [6.45, 7) is 2.18. The van der Waals surface area contributed by atoms with E-state index in [9.17, 15) is 28.8 Å². The second-order valence-electron chi connectivity index (χ2n) is 18.0. The smallest absolute Gasteiger partial charge is 0.279 e. The molecule has 0 spiro atoms. The molecule has 0 unspecified atom stereocenters. The third-order valence-electron chi connectivity index (χ3n) is 12.0. The first-order chi connectivity index (χ1) is 30.2. The zero-order valence-corrected chi connectivity index (χ0v) is 38.4. The van der Waals surface area contributed by atoms with Gasteiger partial charge >= 0.3 is 0 Å². The topological polar surface area (TPSA) is 133 Å². The third-order valence-corrected chi connectivity index (χ3v) is 12.0. The third kappa shape index (κ3) is 10.6. The van der Waals surface area contributed by atoms with Gasteiger partial charge < -0.3 is 44.4 Å². The van der Waals surface area contributed by atoms with Gasteiger partial charge in [0.2, 0.25) is 0 Å². The number of rotatable bonds is 16. The van der Waals surface area contributed by atoms with Gasteiger partial charge in [-0.3, -0.25) is 38.6 Å². The van der Waals surface area contributed by atoms with Crippen LogP contribution in [0.5, 0.6) is 0 Å². The summed E-state index contributed by atoms with van der Waals surface area (Å²) in [6, 6.07) is 37.5. The Kier molecular flexibility index (Phi) is 14.6. The standard InChI is InChI=1S/C51H50N6O6.2ClH/c1-56(2,29-9-27-54-48(60)40-15-5-11-36-12-6-16-41(46(36)40)49(54)61)32-44(58)52-38-23-19-34(20-24-38)31-35-21-25-39(26-22-35)53-45(59)33-57(3,4)30-10-28-55-50(62)42-17-7-13-37-14-8-18-43(47(37)42)51(55)63;;/h5-8,11-26H,9-10,27-33H2,1-4H3;2*1H. The Balaban J connectivity index is 0.00000350. The van der Waals surface area contributed by atoms with Crippen molar-refractivity contribution in [1.82, 2.24) is 9.80 Å². The number of anilines is 2. The zero-order chi connectivity index (χ0) is 44.5. The molecule has 0 aromatic heterocycles. The Morgan fingerprint density at radius 2 is 0.769 bits per heavy atom. The number of hydrogen-bond acceptors (Lipinski definition) is 6. The normalized spacial score (nSPS) is 13.4. The van der Waals surface area contributed by atoms with Gasteiger partial charge in [-0.2, -0.15) is 0 Å². The molecule has 2 heterocycles. The Morgan fingerprint density at radius 1 is 0.462 bits per heavy atom. The highest BCUT2D eigenvalue weighted by Crippen LogP contribution is 2.31. The molecule has 0 saturated heterocycles. The first-order valence-electron chi connectivity index (χ1n) is 21.3. The van der Waals surface area contributed by atoms with Gasteiger partial charge in [-0.1, -0.05) is 72.8 Å². The van der Waals surface area contributed by atoms with Gasteiger partial charge in [0, 0.05) is 70.3 Å². The molecule has 0 radical (unpaired) electrons. The maximum absolute atomic E-state index is 13.3. The van der Waals surface area contributed by atoms with Crippen LogP contribution in [0.4, 0.5) is 11.4 Å². The van der Waals surface area contributed by atoms with Crippen molar-refractivity contribution in [3.8, 4) is 0 Å². The molecule has 2 aliphatic rings. The van der Waals surface area contributed by atoms with Crippen LogP contribution in [0.2, 0.25) is 0 Å². The fourth-order valence-corrected chi connectivity index (χ4v) is 8.87. The summed E-state index contributed by atoms with van der Waals surface area (Å²) in [5.74, 6) is -1.39. The number of nitrogens with one attached hydrogen (secondary N) is 2. The van der Waals surface area contributed by atoms with Crippen LogP contribution in [-0.2, 0) is 16.0 Å². The number of hydrogen-bond donors (Lipinski definition) is 2. The summed E-state index contributed by atoms with van der Waals surface area (Å²) >= 11 is 0. The van der Waals surface area contributed by atoms with E-state index >= 15 is 0 Å². The minimum Gasteiger partial charge on any atom is -1.00 e. The number of benzene rings is 6. The lowest BCUT2D eigenvalue weighted by molar-refractivity contribution is -0.882. The molecule has 0 bridgehead atoms. The fourth-order valence-electron chi connectivity index (χ4n) is 8.87. The molecule has 0 aliphatic carbocycles. The Hall–Kier alpha value is -6.44. The van der Waals surface area contributed by atoms with Crippen LogP contribution in [0.3, 0.4) is 0 Å². The van der Waals surface area contributed by atoms with Crippen molar-refractivity contribution in [2.45, 2.75) is 19.3 Å². The molecular formula is C51H52Cl2N6O6. The zero-order valence-electron chi connectivity index (χ0n) is 36.9.